The van der Waals surface area contributed by atoms with E-state index in [2.05, 4.69) is 16.8 Å². The summed E-state index contributed by atoms with van der Waals surface area (Å²) >= 11 is 0. The lowest BCUT2D eigenvalue weighted by Gasteiger charge is -2.23. The lowest BCUT2D eigenvalue weighted by molar-refractivity contribution is -0.122. The van der Waals surface area contributed by atoms with Gasteiger partial charge in [-0.1, -0.05) is 96.8 Å². The van der Waals surface area contributed by atoms with Gasteiger partial charge in [0.05, 0.1) is 18.2 Å². The molecule has 0 aromatic carbocycles. The van der Waals surface area contributed by atoms with Crippen molar-refractivity contribution >= 4 is 13.7 Å². The fourth-order valence-corrected chi connectivity index (χ4v) is 4.24. The second kappa shape index (κ2) is 21.8. The van der Waals surface area contributed by atoms with Gasteiger partial charge in [-0.05, 0) is 33.1 Å². The lowest BCUT2D eigenvalue weighted by atomic mass is 9.99. The third kappa shape index (κ3) is 27.7. The van der Waals surface area contributed by atoms with Crippen molar-refractivity contribution in [2.24, 2.45) is 0 Å². The number of carbonyl (C=O) groups is 1. The van der Waals surface area contributed by atoms with Gasteiger partial charge in [-0.25, -0.2) is 4.57 Å². The first-order chi connectivity index (χ1) is 15.5. The Kier molecular flexibility index (Phi) is 22.8. The highest BCUT2D eigenvalue weighted by atomic mass is 31.2. The van der Waals surface area contributed by atoms with Crippen LogP contribution in [0.3, 0.4) is 0 Å². The Labute approximate surface area is 208 Å². The van der Waals surface area contributed by atoms with Crippen molar-refractivity contribution < 1.29 is 28.8 Å². The van der Waals surface area contributed by atoms with Crippen molar-refractivity contribution in [3.63, 3.8) is 0 Å². The number of carbonyl (C=O) groups excluding carboxylic acids is 1. The van der Waals surface area contributed by atoms with Gasteiger partial charge in [0.15, 0.2) is 0 Å². The molecule has 0 aromatic rings. The van der Waals surface area contributed by atoms with Gasteiger partial charge >= 0.3 is 7.82 Å². The molecule has 34 heavy (non-hydrogen) atoms. The van der Waals surface area contributed by atoms with Crippen LogP contribution in [0, 0.1) is 0 Å². The van der Waals surface area contributed by atoms with Crippen LogP contribution in [0.25, 0.3) is 0 Å². The summed E-state index contributed by atoms with van der Waals surface area (Å²) in [6, 6.07) is -0.534. The zero-order valence-corrected chi connectivity index (χ0v) is 23.1. The van der Waals surface area contributed by atoms with Gasteiger partial charge in [-0.2, -0.15) is 0 Å². The fraction of sp³-hybridized carbons (Fsp3) is 0.960. The SMILES string of the molecule is CCCCCCCCCCCCCCCCCC(=O)NC(CCC(C)(C)O)COP(=O)(O)O.N. The first-order valence-electron chi connectivity index (χ1n) is 13.3. The van der Waals surface area contributed by atoms with Crippen LogP contribution in [-0.4, -0.2) is 39.1 Å². The van der Waals surface area contributed by atoms with Crippen molar-refractivity contribution in [3.8, 4) is 0 Å². The number of unbranched alkanes of at least 4 members (excludes halogenated alkanes) is 14. The van der Waals surface area contributed by atoms with E-state index in [1.54, 1.807) is 13.8 Å². The molecule has 8 nitrogen and oxygen atoms in total. The van der Waals surface area contributed by atoms with Gasteiger partial charge in [0.25, 0.3) is 0 Å². The molecule has 1 amide bonds. The van der Waals surface area contributed by atoms with Crippen LogP contribution in [0.4, 0.5) is 0 Å². The van der Waals surface area contributed by atoms with Gasteiger partial charge < -0.3 is 26.4 Å². The third-order valence-corrected chi connectivity index (χ3v) is 6.41. The van der Waals surface area contributed by atoms with E-state index in [4.69, 9.17) is 9.79 Å². The molecule has 1 unspecified atom stereocenters. The summed E-state index contributed by atoms with van der Waals surface area (Å²) in [6.45, 7) is 5.30. The van der Waals surface area contributed by atoms with Crippen LogP contribution in [0.2, 0.25) is 0 Å². The third-order valence-electron chi connectivity index (χ3n) is 5.92. The Morgan fingerprint density at radius 2 is 1.26 bits per heavy atom. The standard InChI is InChI=1S/C25H52NO6P.H3N/c1-4-5-6-7-8-9-10-11-12-13-14-15-16-17-18-19-24(27)26-23(20-21-25(2,3)28)22-32-33(29,30)31;/h23,28H,4-22H2,1-3H3,(H,26,27)(H2,29,30,31);1H3. The molecule has 0 spiro atoms. The predicted molar refractivity (Wildman–Crippen MR) is 140 cm³/mol. The van der Waals surface area contributed by atoms with Crippen molar-refractivity contribution in [2.45, 2.75) is 148 Å². The summed E-state index contributed by atoms with van der Waals surface area (Å²) < 4.78 is 15.5. The maximum Gasteiger partial charge on any atom is 0.469 e. The Bertz CT molecular complexity index is 522. The highest BCUT2D eigenvalue weighted by Crippen LogP contribution is 2.36. The van der Waals surface area contributed by atoms with Gasteiger partial charge in [-0.3, -0.25) is 9.32 Å². The average molecular weight is 511 g/mol. The molecule has 0 aliphatic heterocycles. The quantitative estimate of drug-likeness (QED) is 0.0771. The highest BCUT2D eigenvalue weighted by molar-refractivity contribution is 7.46. The molecule has 0 rings (SSSR count). The van der Waals surface area contributed by atoms with E-state index in [0.717, 1.165) is 19.3 Å². The van der Waals surface area contributed by atoms with Crippen LogP contribution in [-0.2, 0) is 13.9 Å². The Balaban J connectivity index is 0. The van der Waals surface area contributed by atoms with Crippen molar-refractivity contribution in [2.75, 3.05) is 6.61 Å². The maximum atomic E-state index is 12.2. The van der Waals surface area contributed by atoms with Crippen molar-refractivity contribution in [1.29, 1.82) is 0 Å². The Hall–Kier alpha value is -0.500. The highest BCUT2D eigenvalue weighted by Gasteiger charge is 2.22. The number of amides is 1. The molecular weight excluding hydrogens is 455 g/mol. The number of phosphoric ester groups is 1. The van der Waals surface area contributed by atoms with Crippen LogP contribution >= 0.6 is 7.82 Å². The molecule has 0 radical (unpaired) electrons. The lowest BCUT2D eigenvalue weighted by Crippen LogP contribution is -2.39. The number of hydrogen-bond donors (Lipinski definition) is 5. The zero-order chi connectivity index (χ0) is 25.0. The number of aliphatic hydroxyl groups is 1. The topological polar surface area (TPSA) is 151 Å². The van der Waals surface area contributed by atoms with Gasteiger partial charge in [0.1, 0.15) is 0 Å². The molecule has 0 aliphatic rings. The first-order valence-corrected chi connectivity index (χ1v) is 14.8. The Morgan fingerprint density at radius 1 is 0.853 bits per heavy atom. The van der Waals surface area contributed by atoms with E-state index < -0.39 is 19.5 Å². The van der Waals surface area contributed by atoms with Crippen molar-refractivity contribution in [3.05, 3.63) is 0 Å². The number of phosphoric acid groups is 1. The maximum absolute atomic E-state index is 12.2. The molecular formula is C25H55N2O6P. The molecule has 7 N–H and O–H groups in total. The predicted octanol–water partition coefficient (Wildman–Crippen LogP) is 6.56. The van der Waals surface area contributed by atoms with E-state index in [9.17, 15) is 14.5 Å². The molecule has 0 aromatic heterocycles. The number of nitrogens with one attached hydrogen (secondary N) is 1. The smallest absolute Gasteiger partial charge is 0.390 e. The van der Waals surface area contributed by atoms with Gasteiger partial charge in [0, 0.05) is 6.42 Å². The van der Waals surface area contributed by atoms with E-state index in [0.29, 0.717) is 19.3 Å². The molecule has 0 heterocycles. The van der Waals surface area contributed by atoms with Gasteiger partial charge in [-0.15, -0.1) is 0 Å². The van der Waals surface area contributed by atoms with E-state index in [1.165, 1.54) is 77.0 Å². The zero-order valence-electron chi connectivity index (χ0n) is 22.2. The molecule has 0 saturated heterocycles. The molecule has 0 saturated carbocycles. The molecule has 0 bridgehead atoms. The minimum absolute atomic E-state index is 0. The summed E-state index contributed by atoms with van der Waals surface area (Å²) in [5, 5.41) is 12.7. The molecule has 9 heteroatoms. The summed E-state index contributed by atoms with van der Waals surface area (Å²) in [4.78, 5) is 30.0. The number of rotatable bonds is 23. The Morgan fingerprint density at radius 3 is 1.65 bits per heavy atom. The summed E-state index contributed by atoms with van der Waals surface area (Å²) in [5.41, 5.74) is -0.917. The van der Waals surface area contributed by atoms with Gasteiger partial charge in [0.2, 0.25) is 5.91 Å². The fourth-order valence-electron chi connectivity index (χ4n) is 3.87. The van der Waals surface area contributed by atoms with Crippen LogP contribution in [0.15, 0.2) is 0 Å². The average Bonchev–Trinajstić information content (AvgIpc) is 2.71. The first kappa shape index (κ1) is 35.7. The summed E-state index contributed by atoms with van der Waals surface area (Å²) in [5.74, 6) is -0.139. The van der Waals surface area contributed by atoms with E-state index in [1.807, 2.05) is 0 Å². The summed E-state index contributed by atoms with van der Waals surface area (Å²) in [6.07, 6.45) is 20.2. The minimum Gasteiger partial charge on any atom is -0.390 e. The molecule has 0 aliphatic carbocycles. The van der Waals surface area contributed by atoms with E-state index >= 15 is 0 Å². The second-order valence-corrected chi connectivity index (χ2v) is 11.3. The second-order valence-electron chi connectivity index (χ2n) is 10.1. The molecule has 1 atom stereocenters. The van der Waals surface area contributed by atoms with Crippen LogP contribution in [0.5, 0.6) is 0 Å². The summed E-state index contributed by atoms with van der Waals surface area (Å²) in [7, 11) is -4.59. The largest absolute Gasteiger partial charge is 0.469 e. The molecule has 206 valence electrons. The normalized spacial score (nSPS) is 12.9. The minimum atomic E-state index is -4.59. The van der Waals surface area contributed by atoms with E-state index in [-0.39, 0.29) is 18.7 Å². The van der Waals surface area contributed by atoms with Crippen LogP contribution in [0.1, 0.15) is 136 Å². The van der Waals surface area contributed by atoms with Crippen LogP contribution < -0.4 is 11.5 Å². The molecule has 0 fully saturated rings. The van der Waals surface area contributed by atoms with Crippen molar-refractivity contribution in [1.82, 2.24) is 11.5 Å². The monoisotopic (exact) mass is 510 g/mol. The number of hydrogen-bond acceptors (Lipinski definition) is 5.